The summed E-state index contributed by atoms with van der Waals surface area (Å²) in [4.78, 5) is 9.12. The van der Waals surface area contributed by atoms with Crippen LogP contribution in [0, 0.1) is 12.1 Å². The first kappa shape index (κ1) is 30.5. The molecule has 1 fully saturated rings. The van der Waals surface area contributed by atoms with Crippen molar-refractivity contribution in [2.45, 2.75) is 57.7 Å². The molecule has 0 spiro atoms. The summed E-state index contributed by atoms with van der Waals surface area (Å²) in [5, 5.41) is 4.29. The molecule has 0 saturated heterocycles. The van der Waals surface area contributed by atoms with Crippen LogP contribution in [-0.4, -0.2) is 18.0 Å². The van der Waals surface area contributed by atoms with Crippen molar-refractivity contribution in [2.75, 3.05) is 0 Å². The average molecular weight is 761 g/mol. The van der Waals surface area contributed by atoms with Gasteiger partial charge in [-0.15, -0.1) is 59.7 Å². The fourth-order valence-electron chi connectivity index (χ4n) is 5.85. The molecule has 1 saturated carbocycles. The van der Waals surface area contributed by atoms with Gasteiger partial charge < -0.3 is 9.97 Å². The maximum Gasteiger partial charge on any atom is 0.0794 e. The minimum atomic E-state index is -1.40. The van der Waals surface area contributed by atoms with Crippen LogP contribution in [0.5, 0.6) is 0 Å². The van der Waals surface area contributed by atoms with Crippen molar-refractivity contribution in [3.05, 3.63) is 115 Å². The van der Waals surface area contributed by atoms with Gasteiger partial charge in [-0.3, -0.25) is 0 Å². The first-order chi connectivity index (χ1) is 20.0. The smallest absolute Gasteiger partial charge is 0.0794 e. The second kappa shape index (κ2) is 13.6. The Morgan fingerprint density at radius 3 is 2.21 bits per heavy atom. The molecule has 0 unspecified atom stereocenters. The Labute approximate surface area is 268 Å². The van der Waals surface area contributed by atoms with E-state index in [1.165, 1.54) is 57.8 Å². The van der Waals surface area contributed by atoms with Gasteiger partial charge in [-0.2, -0.15) is 11.3 Å². The molecule has 3 aromatic carbocycles. The van der Waals surface area contributed by atoms with Gasteiger partial charge in [-0.25, -0.2) is 0 Å². The number of pyridine rings is 2. The first-order valence-electron chi connectivity index (χ1n) is 14.7. The van der Waals surface area contributed by atoms with Crippen LogP contribution < -0.4 is 5.19 Å². The molecule has 5 heteroatoms. The Hall–Kier alpha value is -2.95. The molecule has 1 radical (unpaired) electrons. The number of hydrogen-bond donors (Lipinski definition) is 0. The van der Waals surface area contributed by atoms with Crippen LogP contribution in [0.25, 0.3) is 42.7 Å². The van der Waals surface area contributed by atoms with E-state index in [1.807, 2.05) is 53.8 Å². The van der Waals surface area contributed by atoms with Gasteiger partial charge in [0.1, 0.15) is 0 Å². The zero-order valence-corrected chi connectivity index (χ0v) is 28.7. The summed E-state index contributed by atoms with van der Waals surface area (Å²) in [6, 6.07) is 36.0. The van der Waals surface area contributed by atoms with E-state index >= 15 is 0 Å². The molecule has 6 aromatic rings. The van der Waals surface area contributed by atoms with Gasteiger partial charge in [-0.1, -0.05) is 86.8 Å². The summed E-state index contributed by atoms with van der Waals surface area (Å²) < 4.78 is 2.78. The molecule has 0 atom stereocenters. The van der Waals surface area contributed by atoms with Crippen LogP contribution in [0.4, 0.5) is 0 Å². The molecular formula is C37H36IrN2SSi-2. The van der Waals surface area contributed by atoms with E-state index in [0.717, 1.165) is 22.5 Å². The molecule has 3 heterocycles. The summed E-state index contributed by atoms with van der Waals surface area (Å²) >= 11 is 1.93. The molecule has 1 aliphatic rings. The molecular weight excluding hydrogens is 725 g/mol. The number of thiophene rings is 1. The van der Waals surface area contributed by atoms with Crippen LogP contribution >= 0.6 is 11.3 Å². The number of rotatable bonds is 4. The second-order valence-electron chi connectivity index (χ2n) is 11.9. The summed E-state index contributed by atoms with van der Waals surface area (Å²) in [6.45, 7) is 7.31. The van der Waals surface area contributed by atoms with Crippen LogP contribution in [-0.2, 0) is 20.1 Å². The van der Waals surface area contributed by atoms with Crippen molar-refractivity contribution < 1.29 is 20.1 Å². The van der Waals surface area contributed by atoms with Crippen molar-refractivity contribution in [1.82, 2.24) is 9.97 Å². The van der Waals surface area contributed by atoms with Crippen molar-refractivity contribution in [3.8, 4) is 22.5 Å². The molecule has 0 N–H and O–H groups in total. The SMILES string of the molecule is C[Si](C)(C)c1cccc2c1sc1c(-c3ccc(C4CCCCC4)cn3)[c-]ccc12.[Ir].[c-]1ccccc1-c1ccccn1. The van der Waals surface area contributed by atoms with Crippen molar-refractivity contribution in [2.24, 2.45) is 0 Å². The van der Waals surface area contributed by atoms with Gasteiger partial charge in [0.15, 0.2) is 0 Å². The minimum Gasteiger partial charge on any atom is -0.305 e. The normalized spacial score (nSPS) is 13.8. The van der Waals surface area contributed by atoms with Gasteiger partial charge in [0.05, 0.1) is 8.07 Å². The Kier molecular flexibility index (Phi) is 9.85. The Morgan fingerprint density at radius 1 is 0.714 bits per heavy atom. The van der Waals surface area contributed by atoms with Crippen LogP contribution in [0.2, 0.25) is 19.6 Å². The average Bonchev–Trinajstić information content (AvgIpc) is 3.41. The van der Waals surface area contributed by atoms with E-state index in [9.17, 15) is 0 Å². The molecule has 0 aliphatic heterocycles. The largest absolute Gasteiger partial charge is 0.305 e. The number of aromatic nitrogens is 2. The summed E-state index contributed by atoms with van der Waals surface area (Å²) in [5.74, 6) is 0.703. The quantitative estimate of drug-likeness (QED) is 0.132. The van der Waals surface area contributed by atoms with Crippen molar-refractivity contribution in [3.63, 3.8) is 0 Å². The van der Waals surface area contributed by atoms with E-state index < -0.39 is 8.07 Å². The maximum absolute atomic E-state index is 4.90. The van der Waals surface area contributed by atoms with Gasteiger partial charge in [0, 0.05) is 37.2 Å². The third-order valence-electron chi connectivity index (χ3n) is 8.04. The van der Waals surface area contributed by atoms with Gasteiger partial charge >= 0.3 is 0 Å². The number of nitrogens with zero attached hydrogens (tertiary/aromatic N) is 2. The third-order valence-corrected chi connectivity index (χ3v) is 11.5. The van der Waals surface area contributed by atoms with E-state index in [0.29, 0.717) is 5.92 Å². The zero-order chi connectivity index (χ0) is 28.2. The summed E-state index contributed by atoms with van der Waals surface area (Å²) in [6.07, 6.45) is 10.7. The summed E-state index contributed by atoms with van der Waals surface area (Å²) in [7, 11) is -1.40. The third kappa shape index (κ3) is 6.66. The molecule has 3 aromatic heterocycles. The Balaban J connectivity index is 0.000000228. The standard InChI is InChI=1S/C26H28NSSi.C11H8N.Ir/c1-29(2,3)24-14-8-12-21-20-11-7-13-22(25(20)28-26(21)24)23-16-15-19(17-27-23)18-9-5-4-6-10-18;1-2-6-10(7-3-1)11-8-4-5-9-12-11;/h7-8,11-12,14-18H,4-6,9-10H2,1-3H3;1-6,8-9H;/q2*-1;. The molecule has 0 amide bonds. The molecule has 42 heavy (non-hydrogen) atoms. The molecule has 215 valence electrons. The van der Waals surface area contributed by atoms with Crippen LogP contribution in [0.15, 0.2) is 97.3 Å². The fraction of sp³-hybridized carbons (Fsp3) is 0.243. The van der Waals surface area contributed by atoms with Gasteiger partial charge in [0.25, 0.3) is 0 Å². The van der Waals surface area contributed by atoms with Gasteiger partial charge in [0.2, 0.25) is 0 Å². The molecule has 0 bridgehead atoms. The first-order valence-corrected chi connectivity index (χ1v) is 19.0. The minimum absolute atomic E-state index is 0. The van der Waals surface area contributed by atoms with E-state index in [-0.39, 0.29) is 20.1 Å². The predicted molar refractivity (Wildman–Crippen MR) is 179 cm³/mol. The molecule has 2 nitrogen and oxygen atoms in total. The van der Waals surface area contributed by atoms with E-state index in [1.54, 1.807) is 11.4 Å². The van der Waals surface area contributed by atoms with Crippen molar-refractivity contribution in [1.29, 1.82) is 0 Å². The maximum atomic E-state index is 4.90. The second-order valence-corrected chi connectivity index (χ2v) is 18.0. The number of hydrogen-bond acceptors (Lipinski definition) is 3. The fourth-order valence-corrected chi connectivity index (χ4v) is 9.56. The van der Waals surface area contributed by atoms with Gasteiger partial charge in [-0.05, 0) is 57.1 Å². The topological polar surface area (TPSA) is 25.8 Å². The molecule has 7 rings (SSSR count). The Morgan fingerprint density at radius 2 is 1.52 bits per heavy atom. The zero-order valence-electron chi connectivity index (χ0n) is 24.5. The monoisotopic (exact) mass is 761 g/mol. The van der Waals surface area contributed by atoms with Crippen LogP contribution in [0.3, 0.4) is 0 Å². The van der Waals surface area contributed by atoms with Crippen LogP contribution in [0.1, 0.15) is 43.6 Å². The van der Waals surface area contributed by atoms with E-state index in [4.69, 9.17) is 4.98 Å². The number of fused-ring (bicyclic) bond motifs is 3. The number of benzene rings is 3. The Bertz CT molecular complexity index is 1700. The van der Waals surface area contributed by atoms with E-state index in [2.05, 4.69) is 85.4 Å². The predicted octanol–water partition coefficient (Wildman–Crippen LogP) is 10.1. The van der Waals surface area contributed by atoms with Crippen molar-refractivity contribution >= 4 is 44.8 Å². The molecule has 1 aliphatic carbocycles. The summed E-state index contributed by atoms with van der Waals surface area (Å²) in [5.41, 5.74) is 5.63.